The third kappa shape index (κ3) is 1.75. The molecular weight excluding hydrogens is 158 g/mol. The Balaban J connectivity index is 2.68. The molecule has 0 spiro atoms. The van der Waals surface area contributed by atoms with E-state index in [1.54, 1.807) is 16.9 Å². The largest absolute Gasteiger partial charge is 0.453 e. The van der Waals surface area contributed by atoms with Crippen LogP contribution >= 0.6 is 0 Å². The summed E-state index contributed by atoms with van der Waals surface area (Å²) >= 11 is 0. The second kappa shape index (κ2) is 3.75. The molecule has 5 nitrogen and oxygen atoms in total. The quantitative estimate of drug-likeness (QED) is 0.720. The van der Waals surface area contributed by atoms with Gasteiger partial charge in [0, 0.05) is 12.6 Å². The van der Waals surface area contributed by atoms with Gasteiger partial charge in [-0.15, -0.1) is 0 Å². The molecule has 0 unspecified atom stereocenters. The highest BCUT2D eigenvalue weighted by Gasteiger charge is 2.04. The molecule has 0 radical (unpaired) electrons. The first-order valence-electron chi connectivity index (χ1n) is 3.64. The Bertz CT molecular complexity index is 269. The van der Waals surface area contributed by atoms with Crippen LogP contribution < -0.4 is 5.32 Å². The van der Waals surface area contributed by atoms with Crippen LogP contribution in [0, 0.1) is 0 Å². The summed E-state index contributed by atoms with van der Waals surface area (Å²) in [6.45, 7) is 2.65. The van der Waals surface area contributed by atoms with Crippen molar-refractivity contribution in [1.82, 2.24) is 9.78 Å². The summed E-state index contributed by atoms with van der Waals surface area (Å²) in [5, 5.41) is 6.50. The number of ether oxygens (including phenoxy) is 1. The lowest BCUT2D eigenvalue weighted by molar-refractivity contribution is 0.186. The van der Waals surface area contributed by atoms with E-state index in [1.807, 2.05) is 6.92 Å². The number of rotatable bonds is 2. The van der Waals surface area contributed by atoms with Gasteiger partial charge < -0.3 is 4.74 Å². The first kappa shape index (κ1) is 8.58. The van der Waals surface area contributed by atoms with Crippen molar-refractivity contribution in [2.75, 3.05) is 12.4 Å². The van der Waals surface area contributed by atoms with Gasteiger partial charge in [-0.2, -0.15) is 5.10 Å². The Morgan fingerprint density at radius 2 is 2.58 bits per heavy atom. The lowest BCUT2D eigenvalue weighted by Gasteiger charge is -2.04. The number of nitrogens with one attached hydrogen (secondary N) is 1. The minimum atomic E-state index is -0.481. The highest BCUT2D eigenvalue weighted by Crippen LogP contribution is 2.05. The van der Waals surface area contributed by atoms with Gasteiger partial charge in [0.1, 0.15) is 5.82 Å². The van der Waals surface area contributed by atoms with Crippen LogP contribution in [0.5, 0.6) is 0 Å². The predicted molar refractivity (Wildman–Crippen MR) is 43.9 cm³/mol. The van der Waals surface area contributed by atoms with Crippen LogP contribution in [0.4, 0.5) is 10.6 Å². The summed E-state index contributed by atoms with van der Waals surface area (Å²) in [7, 11) is 1.32. The molecule has 12 heavy (non-hydrogen) atoms. The molecule has 0 saturated carbocycles. The van der Waals surface area contributed by atoms with E-state index in [1.165, 1.54) is 7.11 Å². The molecule has 1 heterocycles. The van der Waals surface area contributed by atoms with Gasteiger partial charge in [0.15, 0.2) is 0 Å². The van der Waals surface area contributed by atoms with Gasteiger partial charge in [-0.05, 0) is 6.92 Å². The molecule has 1 amide bonds. The number of methoxy groups -OCH3 is 1. The normalized spacial score (nSPS) is 9.50. The van der Waals surface area contributed by atoms with Crippen LogP contribution in [-0.2, 0) is 11.3 Å². The molecule has 0 aliphatic heterocycles. The maximum atomic E-state index is 10.8. The fraction of sp³-hybridized carbons (Fsp3) is 0.429. The number of nitrogens with zero attached hydrogens (tertiary/aromatic N) is 2. The van der Waals surface area contributed by atoms with Gasteiger partial charge in [-0.3, -0.25) is 5.32 Å². The third-order valence-electron chi connectivity index (χ3n) is 1.43. The second-order valence-corrected chi connectivity index (χ2v) is 2.15. The lowest BCUT2D eigenvalue weighted by atomic mass is 10.6. The van der Waals surface area contributed by atoms with Crippen LogP contribution in [0.1, 0.15) is 6.92 Å². The van der Waals surface area contributed by atoms with Gasteiger partial charge in [0.25, 0.3) is 0 Å². The van der Waals surface area contributed by atoms with Crippen molar-refractivity contribution in [2.24, 2.45) is 0 Å². The summed E-state index contributed by atoms with van der Waals surface area (Å²) in [6, 6.07) is 1.71. The maximum absolute atomic E-state index is 10.8. The molecule has 0 atom stereocenters. The van der Waals surface area contributed by atoms with E-state index >= 15 is 0 Å². The molecule has 0 saturated heterocycles. The molecule has 0 aliphatic carbocycles. The highest BCUT2D eigenvalue weighted by atomic mass is 16.5. The zero-order valence-corrected chi connectivity index (χ0v) is 7.07. The van der Waals surface area contributed by atoms with Crippen molar-refractivity contribution >= 4 is 11.9 Å². The topological polar surface area (TPSA) is 56.2 Å². The van der Waals surface area contributed by atoms with E-state index < -0.39 is 6.09 Å². The van der Waals surface area contributed by atoms with E-state index in [9.17, 15) is 4.79 Å². The van der Waals surface area contributed by atoms with Gasteiger partial charge >= 0.3 is 6.09 Å². The van der Waals surface area contributed by atoms with E-state index in [0.29, 0.717) is 12.4 Å². The average Bonchev–Trinajstić information content (AvgIpc) is 2.51. The summed E-state index contributed by atoms with van der Waals surface area (Å²) in [6.07, 6.45) is 1.14. The summed E-state index contributed by atoms with van der Waals surface area (Å²) < 4.78 is 6.10. The first-order valence-corrected chi connectivity index (χ1v) is 3.64. The van der Waals surface area contributed by atoms with Crippen molar-refractivity contribution < 1.29 is 9.53 Å². The van der Waals surface area contributed by atoms with E-state index in [-0.39, 0.29) is 0 Å². The zero-order valence-electron chi connectivity index (χ0n) is 7.07. The van der Waals surface area contributed by atoms with Gasteiger partial charge in [0.05, 0.1) is 13.3 Å². The van der Waals surface area contributed by atoms with Gasteiger partial charge in [-0.1, -0.05) is 0 Å². The lowest BCUT2D eigenvalue weighted by Crippen LogP contribution is -2.14. The van der Waals surface area contributed by atoms with E-state index in [4.69, 9.17) is 0 Å². The summed E-state index contributed by atoms with van der Waals surface area (Å²) in [5.41, 5.74) is 0. The molecule has 1 rings (SSSR count). The first-order chi connectivity index (χ1) is 5.77. The minimum absolute atomic E-state index is 0.481. The molecule has 1 aromatic heterocycles. The maximum Gasteiger partial charge on any atom is 0.412 e. The minimum Gasteiger partial charge on any atom is -0.453 e. The molecule has 0 aromatic carbocycles. The Hall–Kier alpha value is -1.52. The Morgan fingerprint density at radius 1 is 1.83 bits per heavy atom. The van der Waals surface area contributed by atoms with Crippen LogP contribution in [0.2, 0.25) is 0 Å². The van der Waals surface area contributed by atoms with Gasteiger partial charge in [0.2, 0.25) is 0 Å². The Kier molecular flexibility index (Phi) is 2.68. The van der Waals surface area contributed by atoms with E-state index in [2.05, 4.69) is 15.2 Å². The molecule has 0 bridgehead atoms. The molecule has 0 aliphatic rings. The predicted octanol–water partition coefficient (Wildman–Crippen LogP) is 1.08. The van der Waals surface area contributed by atoms with Crippen molar-refractivity contribution in [3.05, 3.63) is 12.3 Å². The van der Waals surface area contributed by atoms with Gasteiger partial charge in [-0.25, -0.2) is 9.48 Å². The molecule has 1 aromatic rings. The zero-order chi connectivity index (χ0) is 8.97. The molecule has 5 heteroatoms. The number of hydrogen-bond acceptors (Lipinski definition) is 3. The average molecular weight is 169 g/mol. The molecule has 0 fully saturated rings. The SMILES string of the molecule is CCn1nccc1NC(=O)OC. The number of aryl methyl sites for hydroxylation is 1. The van der Waals surface area contributed by atoms with E-state index in [0.717, 1.165) is 0 Å². The summed E-state index contributed by atoms with van der Waals surface area (Å²) in [5.74, 6) is 0.643. The molecular formula is C7H11N3O2. The Labute approximate surface area is 70.3 Å². The van der Waals surface area contributed by atoms with Crippen LogP contribution in [0.3, 0.4) is 0 Å². The van der Waals surface area contributed by atoms with Crippen LogP contribution in [0.15, 0.2) is 12.3 Å². The number of aromatic nitrogens is 2. The molecule has 1 N–H and O–H groups in total. The Morgan fingerprint density at radius 3 is 3.17 bits per heavy atom. The number of carbonyl (C=O) groups is 1. The second-order valence-electron chi connectivity index (χ2n) is 2.15. The standard InChI is InChI=1S/C7H11N3O2/c1-3-10-6(4-5-8-10)9-7(11)12-2/h4-5H,3H2,1-2H3,(H,9,11). The number of amides is 1. The van der Waals surface area contributed by atoms with Crippen molar-refractivity contribution in [1.29, 1.82) is 0 Å². The van der Waals surface area contributed by atoms with Crippen LogP contribution in [0.25, 0.3) is 0 Å². The monoisotopic (exact) mass is 169 g/mol. The number of hydrogen-bond donors (Lipinski definition) is 1. The van der Waals surface area contributed by atoms with Crippen LogP contribution in [-0.4, -0.2) is 23.0 Å². The fourth-order valence-electron chi connectivity index (χ4n) is 0.846. The third-order valence-corrected chi connectivity index (χ3v) is 1.43. The summed E-state index contributed by atoms with van der Waals surface area (Å²) in [4.78, 5) is 10.8. The smallest absolute Gasteiger partial charge is 0.412 e. The fourth-order valence-corrected chi connectivity index (χ4v) is 0.846. The number of carbonyl (C=O) groups excluding carboxylic acids is 1. The highest BCUT2D eigenvalue weighted by molar-refractivity contribution is 5.83. The van der Waals surface area contributed by atoms with Crippen molar-refractivity contribution in [3.8, 4) is 0 Å². The van der Waals surface area contributed by atoms with Crippen molar-refractivity contribution in [2.45, 2.75) is 13.5 Å². The molecule has 66 valence electrons. The number of anilines is 1. The van der Waals surface area contributed by atoms with Crippen molar-refractivity contribution in [3.63, 3.8) is 0 Å².